The van der Waals surface area contributed by atoms with Crippen LogP contribution in [0.4, 0.5) is 5.69 Å². The lowest BCUT2D eigenvalue weighted by molar-refractivity contribution is -0.133. The smallest absolute Gasteiger partial charge is 0.286 e. The average Bonchev–Trinajstić information content (AvgIpc) is 3.26. The Kier molecular flexibility index (Phi) is 4.38. The molecule has 1 aliphatic carbocycles. The molecule has 2 fully saturated rings. The first-order chi connectivity index (χ1) is 13.7. The van der Waals surface area contributed by atoms with Crippen molar-refractivity contribution >= 4 is 28.8 Å². The van der Waals surface area contributed by atoms with E-state index in [1.165, 1.54) is 11.3 Å². The highest BCUT2D eigenvalue weighted by atomic mass is 32.1. The number of ether oxygens (including phenoxy) is 2. The molecule has 5 rings (SSSR count). The van der Waals surface area contributed by atoms with E-state index in [4.69, 9.17) is 9.47 Å². The lowest BCUT2D eigenvalue weighted by Crippen LogP contribution is -2.38. The fourth-order valence-electron chi connectivity index (χ4n) is 3.59. The van der Waals surface area contributed by atoms with Crippen molar-refractivity contribution in [1.82, 2.24) is 15.1 Å². The van der Waals surface area contributed by atoms with E-state index < -0.39 is 0 Å². The van der Waals surface area contributed by atoms with Gasteiger partial charge in [-0.1, -0.05) is 11.3 Å². The van der Waals surface area contributed by atoms with E-state index in [1.807, 2.05) is 4.90 Å². The minimum Gasteiger partial charge on any atom is -0.454 e. The molecule has 0 atom stereocenters. The Morgan fingerprint density at radius 3 is 2.64 bits per heavy atom. The summed E-state index contributed by atoms with van der Waals surface area (Å²) < 4.78 is 10.6. The van der Waals surface area contributed by atoms with Crippen LogP contribution >= 0.6 is 11.3 Å². The van der Waals surface area contributed by atoms with E-state index in [1.54, 1.807) is 18.2 Å². The molecule has 2 aromatic rings. The van der Waals surface area contributed by atoms with Crippen molar-refractivity contribution < 1.29 is 19.1 Å². The molecule has 0 spiro atoms. The molecular weight excluding hydrogens is 380 g/mol. The van der Waals surface area contributed by atoms with Crippen LogP contribution < -0.4 is 14.8 Å². The summed E-state index contributed by atoms with van der Waals surface area (Å²) in [6.07, 6.45) is 3.82. The molecule has 0 bridgehead atoms. The van der Waals surface area contributed by atoms with Gasteiger partial charge in [0.1, 0.15) is 5.01 Å². The number of likely N-dealkylation sites (tertiary alicyclic amines) is 1. The van der Waals surface area contributed by atoms with Gasteiger partial charge in [-0.05, 0) is 37.8 Å². The predicted octanol–water partition coefficient (Wildman–Crippen LogP) is 2.64. The van der Waals surface area contributed by atoms with Crippen molar-refractivity contribution in [1.29, 1.82) is 0 Å². The maximum atomic E-state index is 12.5. The van der Waals surface area contributed by atoms with E-state index in [0.29, 0.717) is 28.1 Å². The lowest BCUT2D eigenvalue weighted by atomic mass is 9.97. The van der Waals surface area contributed by atoms with Crippen molar-refractivity contribution in [2.24, 2.45) is 5.92 Å². The summed E-state index contributed by atoms with van der Waals surface area (Å²) in [6.45, 7) is 1.72. The van der Waals surface area contributed by atoms with Gasteiger partial charge >= 0.3 is 0 Å². The highest BCUT2D eigenvalue weighted by Crippen LogP contribution is 2.36. The zero-order valence-electron chi connectivity index (χ0n) is 15.2. The first-order valence-corrected chi connectivity index (χ1v) is 10.3. The number of carbonyl (C=O) groups excluding carboxylic acids is 2. The van der Waals surface area contributed by atoms with E-state index in [0.717, 1.165) is 43.8 Å². The first kappa shape index (κ1) is 17.4. The molecule has 2 aliphatic heterocycles. The van der Waals surface area contributed by atoms with E-state index >= 15 is 0 Å². The topological polar surface area (TPSA) is 93.7 Å². The number of nitrogens with one attached hydrogen (secondary N) is 1. The van der Waals surface area contributed by atoms with Gasteiger partial charge in [-0.3, -0.25) is 9.59 Å². The summed E-state index contributed by atoms with van der Waals surface area (Å²) in [7, 11) is 0. The van der Waals surface area contributed by atoms with Crippen LogP contribution in [0, 0.1) is 5.92 Å². The fraction of sp³-hybridized carbons (Fsp3) is 0.474. The van der Waals surface area contributed by atoms with Crippen LogP contribution in [-0.4, -0.2) is 46.8 Å². The summed E-state index contributed by atoms with van der Waals surface area (Å²) in [5.41, 5.74) is 0.623. The average molecular weight is 400 g/mol. The van der Waals surface area contributed by atoms with Gasteiger partial charge in [0, 0.05) is 36.7 Å². The molecule has 8 nitrogen and oxygen atoms in total. The second-order valence-corrected chi connectivity index (χ2v) is 8.35. The third-order valence-corrected chi connectivity index (χ3v) is 6.43. The molecule has 9 heteroatoms. The minimum atomic E-state index is -0.288. The highest BCUT2D eigenvalue weighted by Gasteiger charge is 2.35. The Hall–Kier alpha value is -2.68. The largest absolute Gasteiger partial charge is 0.454 e. The van der Waals surface area contributed by atoms with Gasteiger partial charge < -0.3 is 19.7 Å². The third-order valence-electron chi connectivity index (χ3n) is 5.35. The standard InChI is InChI=1S/C19H20N4O4S/c24-16(20-13-3-4-14-15(9-13)27-10-26-14)18-22-21-17(28-18)11-5-7-23(8-6-11)19(25)12-1-2-12/h3-4,9,11-12H,1-2,5-8,10H2,(H,20,24). The van der Waals surface area contributed by atoms with Crippen LogP contribution in [0.3, 0.4) is 0 Å². The molecule has 1 aromatic heterocycles. The summed E-state index contributed by atoms with van der Waals surface area (Å²) in [5.74, 6) is 1.83. The summed E-state index contributed by atoms with van der Waals surface area (Å²) in [6, 6.07) is 5.26. The number of carbonyl (C=O) groups is 2. The SMILES string of the molecule is O=C(Nc1ccc2c(c1)OCO2)c1nnc(C2CCN(C(=O)C3CC3)CC2)s1. The van der Waals surface area contributed by atoms with Crippen molar-refractivity contribution in [2.75, 3.05) is 25.2 Å². The van der Waals surface area contributed by atoms with Crippen molar-refractivity contribution in [3.63, 3.8) is 0 Å². The first-order valence-electron chi connectivity index (χ1n) is 9.50. The molecular formula is C19H20N4O4S. The van der Waals surface area contributed by atoms with Gasteiger partial charge in [0.25, 0.3) is 5.91 Å². The Balaban J connectivity index is 1.20. The molecule has 1 saturated carbocycles. The number of fused-ring (bicyclic) bond motifs is 1. The van der Waals surface area contributed by atoms with Gasteiger partial charge in [0.05, 0.1) is 0 Å². The number of aromatic nitrogens is 2. The monoisotopic (exact) mass is 400 g/mol. The molecule has 1 N–H and O–H groups in total. The number of hydrogen-bond donors (Lipinski definition) is 1. The van der Waals surface area contributed by atoms with Crippen LogP contribution in [0.25, 0.3) is 0 Å². The normalized spacial score (nSPS) is 18.9. The van der Waals surface area contributed by atoms with Crippen LogP contribution in [0.15, 0.2) is 18.2 Å². The van der Waals surface area contributed by atoms with Crippen LogP contribution in [0.2, 0.25) is 0 Å². The number of hydrogen-bond acceptors (Lipinski definition) is 7. The number of piperidine rings is 1. The number of anilines is 1. The second-order valence-electron chi connectivity index (χ2n) is 7.34. The zero-order valence-corrected chi connectivity index (χ0v) is 16.0. The fourth-order valence-corrected chi connectivity index (χ4v) is 4.49. The molecule has 2 amide bonds. The molecule has 146 valence electrons. The Labute approximate surface area is 165 Å². The molecule has 3 heterocycles. The van der Waals surface area contributed by atoms with Crippen molar-refractivity contribution in [3.8, 4) is 11.5 Å². The van der Waals surface area contributed by atoms with E-state index in [9.17, 15) is 9.59 Å². The quantitative estimate of drug-likeness (QED) is 0.848. The number of nitrogens with zero attached hydrogens (tertiary/aromatic N) is 3. The lowest BCUT2D eigenvalue weighted by Gasteiger charge is -2.31. The number of benzene rings is 1. The van der Waals surface area contributed by atoms with Gasteiger partial charge in [-0.15, -0.1) is 10.2 Å². The maximum absolute atomic E-state index is 12.5. The van der Waals surface area contributed by atoms with E-state index in [2.05, 4.69) is 15.5 Å². The predicted molar refractivity (Wildman–Crippen MR) is 102 cm³/mol. The van der Waals surface area contributed by atoms with Crippen LogP contribution in [0.1, 0.15) is 46.4 Å². The summed E-state index contributed by atoms with van der Waals surface area (Å²) in [5, 5.41) is 12.3. The summed E-state index contributed by atoms with van der Waals surface area (Å²) in [4.78, 5) is 26.7. The molecule has 1 aromatic carbocycles. The Morgan fingerprint density at radius 2 is 1.86 bits per heavy atom. The second kappa shape index (κ2) is 7.05. The zero-order chi connectivity index (χ0) is 19.1. The molecule has 0 radical (unpaired) electrons. The molecule has 1 saturated heterocycles. The van der Waals surface area contributed by atoms with Crippen LogP contribution in [0.5, 0.6) is 11.5 Å². The van der Waals surface area contributed by atoms with Gasteiger partial charge in [-0.2, -0.15) is 0 Å². The Bertz CT molecular complexity index is 918. The van der Waals surface area contributed by atoms with Gasteiger partial charge in [0.15, 0.2) is 11.5 Å². The van der Waals surface area contributed by atoms with E-state index in [-0.39, 0.29) is 24.5 Å². The molecule has 28 heavy (non-hydrogen) atoms. The van der Waals surface area contributed by atoms with Gasteiger partial charge in [0.2, 0.25) is 17.7 Å². The molecule has 0 unspecified atom stereocenters. The molecule has 3 aliphatic rings. The highest BCUT2D eigenvalue weighted by molar-refractivity contribution is 7.13. The number of amides is 2. The Morgan fingerprint density at radius 1 is 1.07 bits per heavy atom. The third kappa shape index (κ3) is 3.42. The number of rotatable bonds is 4. The van der Waals surface area contributed by atoms with Crippen molar-refractivity contribution in [3.05, 3.63) is 28.2 Å². The van der Waals surface area contributed by atoms with Crippen molar-refractivity contribution in [2.45, 2.75) is 31.6 Å². The van der Waals surface area contributed by atoms with Crippen LogP contribution in [-0.2, 0) is 4.79 Å². The summed E-state index contributed by atoms with van der Waals surface area (Å²) >= 11 is 1.33. The van der Waals surface area contributed by atoms with Gasteiger partial charge in [-0.25, -0.2) is 0 Å². The maximum Gasteiger partial charge on any atom is 0.286 e. The minimum absolute atomic E-state index is 0.192.